The second-order valence-corrected chi connectivity index (χ2v) is 7.89. The van der Waals surface area contributed by atoms with E-state index in [1.807, 2.05) is 59.8 Å². The Hall–Kier alpha value is -3.55. The molecule has 4 heterocycles. The van der Waals surface area contributed by atoms with Crippen LogP contribution in [0.5, 0.6) is 0 Å². The molecule has 1 atom stereocenters. The minimum absolute atomic E-state index is 0.0128. The van der Waals surface area contributed by atoms with Crippen LogP contribution in [-0.4, -0.2) is 48.8 Å². The zero-order valence-electron chi connectivity index (χ0n) is 17.7. The van der Waals surface area contributed by atoms with E-state index in [0.717, 1.165) is 35.1 Å². The van der Waals surface area contributed by atoms with Crippen LogP contribution in [0.4, 0.5) is 0 Å². The fourth-order valence-electron chi connectivity index (χ4n) is 4.23. The lowest BCUT2D eigenvalue weighted by Gasteiger charge is -2.31. The molecule has 5 rings (SSSR count). The van der Waals surface area contributed by atoms with Crippen LogP contribution in [0, 0.1) is 6.92 Å². The maximum atomic E-state index is 13.7. The highest BCUT2D eigenvalue weighted by Crippen LogP contribution is 2.30. The Morgan fingerprint density at radius 1 is 1.23 bits per heavy atom. The van der Waals surface area contributed by atoms with Crippen LogP contribution in [0.1, 0.15) is 47.8 Å². The smallest absolute Gasteiger partial charge is 0.254 e. The van der Waals surface area contributed by atoms with Gasteiger partial charge in [-0.2, -0.15) is 10.1 Å². The molecule has 0 N–H and O–H groups in total. The molecule has 4 aromatic rings. The van der Waals surface area contributed by atoms with E-state index in [1.54, 1.807) is 6.20 Å². The third kappa shape index (κ3) is 3.58. The van der Waals surface area contributed by atoms with Gasteiger partial charge < -0.3 is 9.42 Å². The molecule has 0 spiro atoms. The van der Waals surface area contributed by atoms with Crippen molar-refractivity contribution in [2.24, 2.45) is 0 Å². The topological polar surface area (TPSA) is 89.9 Å². The molecule has 1 amide bonds. The zero-order valence-corrected chi connectivity index (χ0v) is 17.7. The van der Waals surface area contributed by atoms with Gasteiger partial charge in [-0.25, -0.2) is 9.67 Å². The molecule has 158 valence electrons. The largest absolute Gasteiger partial charge is 0.339 e. The van der Waals surface area contributed by atoms with Gasteiger partial charge in [0, 0.05) is 25.2 Å². The lowest BCUT2D eigenvalue weighted by Crippen LogP contribution is -2.39. The lowest BCUT2D eigenvalue weighted by atomic mass is 9.96. The van der Waals surface area contributed by atoms with Gasteiger partial charge in [-0.3, -0.25) is 4.79 Å². The number of piperidine rings is 1. The van der Waals surface area contributed by atoms with Crippen LogP contribution in [0.15, 0.2) is 47.1 Å². The summed E-state index contributed by atoms with van der Waals surface area (Å²) < 4.78 is 7.21. The number of amides is 1. The maximum absolute atomic E-state index is 13.7. The molecule has 1 fully saturated rings. The Morgan fingerprint density at radius 3 is 2.81 bits per heavy atom. The summed E-state index contributed by atoms with van der Waals surface area (Å²) in [4.78, 5) is 24.8. The van der Waals surface area contributed by atoms with Gasteiger partial charge in [0.25, 0.3) is 5.91 Å². The van der Waals surface area contributed by atoms with Crippen molar-refractivity contribution in [3.05, 3.63) is 59.9 Å². The summed E-state index contributed by atoms with van der Waals surface area (Å²) in [5, 5.41) is 9.14. The van der Waals surface area contributed by atoms with Crippen molar-refractivity contribution in [1.82, 2.24) is 29.8 Å². The highest BCUT2D eigenvalue weighted by atomic mass is 16.5. The number of pyridine rings is 1. The van der Waals surface area contributed by atoms with E-state index in [4.69, 9.17) is 9.51 Å². The Kier molecular flexibility index (Phi) is 4.97. The summed E-state index contributed by atoms with van der Waals surface area (Å²) in [7, 11) is 0. The van der Waals surface area contributed by atoms with Crippen molar-refractivity contribution in [2.75, 3.05) is 13.1 Å². The van der Waals surface area contributed by atoms with E-state index in [-0.39, 0.29) is 11.8 Å². The molecular formula is C23H24N6O2. The highest BCUT2D eigenvalue weighted by Gasteiger charge is 2.30. The molecule has 0 aliphatic carbocycles. The van der Waals surface area contributed by atoms with Crippen molar-refractivity contribution in [3.8, 4) is 11.3 Å². The maximum Gasteiger partial charge on any atom is 0.254 e. The van der Waals surface area contributed by atoms with E-state index in [1.165, 1.54) is 0 Å². The average Bonchev–Trinajstić information content (AvgIpc) is 3.44. The van der Waals surface area contributed by atoms with Gasteiger partial charge in [0.15, 0.2) is 11.5 Å². The van der Waals surface area contributed by atoms with Crippen molar-refractivity contribution >= 4 is 16.9 Å². The number of benzene rings is 1. The minimum atomic E-state index is -0.0128. The molecule has 1 aliphatic rings. The molecule has 1 saturated heterocycles. The monoisotopic (exact) mass is 416 g/mol. The highest BCUT2D eigenvalue weighted by molar-refractivity contribution is 6.06. The summed E-state index contributed by atoms with van der Waals surface area (Å²) >= 11 is 0. The Bertz CT molecular complexity index is 1230. The van der Waals surface area contributed by atoms with Gasteiger partial charge in [0.05, 0.1) is 28.8 Å². The first-order valence-electron chi connectivity index (χ1n) is 10.7. The van der Waals surface area contributed by atoms with Crippen LogP contribution >= 0.6 is 0 Å². The van der Waals surface area contributed by atoms with Gasteiger partial charge in [-0.1, -0.05) is 35.5 Å². The molecule has 8 nitrogen and oxygen atoms in total. The average molecular weight is 416 g/mol. The number of likely N-dealkylation sites (tertiary alicyclic amines) is 1. The number of nitrogens with zero attached hydrogens (tertiary/aromatic N) is 6. The molecule has 0 saturated carbocycles. The minimum Gasteiger partial charge on any atom is -0.339 e. The molecule has 31 heavy (non-hydrogen) atoms. The summed E-state index contributed by atoms with van der Waals surface area (Å²) in [5.41, 5.74) is 3.10. The first kappa shape index (κ1) is 19.4. The van der Waals surface area contributed by atoms with Crippen LogP contribution in [0.2, 0.25) is 0 Å². The number of aryl methyl sites for hydroxylation is 2. The van der Waals surface area contributed by atoms with Crippen LogP contribution in [0.25, 0.3) is 22.3 Å². The molecule has 1 aliphatic heterocycles. The van der Waals surface area contributed by atoms with Gasteiger partial charge in [0.1, 0.15) is 0 Å². The number of aromatic nitrogens is 5. The molecule has 0 radical (unpaired) electrons. The fraction of sp³-hybridized carbons (Fsp3) is 0.348. The second-order valence-electron chi connectivity index (χ2n) is 7.89. The Balaban J connectivity index is 1.54. The molecule has 3 aromatic heterocycles. The third-order valence-electron chi connectivity index (χ3n) is 5.81. The number of rotatable bonds is 4. The van der Waals surface area contributed by atoms with Crippen LogP contribution in [0.3, 0.4) is 0 Å². The zero-order chi connectivity index (χ0) is 21.4. The third-order valence-corrected chi connectivity index (χ3v) is 5.81. The van der Waals surface area contributed by atoms with Crippen LogP contribution in [-0.2, 0) is 6.54 Å². The number of hydrogen-bond acceptors (Lipinski definition) is 6. The Labute approximate surface area is 179 Å². The first-order valence-corrected chi connectivity index (χ1v) is 10.7. The van der Waals surface area contributed by atoms with E-state index in [0.29, 0.717) is 36.9 Å². The molecule has 8 heteroatoms. The van der Waals surface area contributed by atoms with Crippen LogP contribution < -0.4 is 0 Å². The molecule has 1 aromatic carbocycles. The molecule has 0 unspecified atom stereocenters. The van der Waals surface area contributed by atoms with Crippen molar-refractivity contribution in [2.45, 2.75) is 39.2 Å². The quantitative estimate of drug-likeness (QED) is 0.502. The summed E-state index contributed by atoms with van der Waals surface area (Å²) in [5.74, 6) is 1.27. The normalized spacial score (nSPS) is 16.7. The fourth-order valence-corrected chi connectivity index (χ4v) is 4.23. The van der Waals surface area contributed by atoms with Crippen molar-refractivity contribution < 1.29 is 9.32 Å². The lowest BCUT2D eigenvalue weighted by molar-refractivity contribution is 0.0697. The van der Waals surface area contributed by atoms with Gasteiger partial charge in [-0.15, -0.1) is 0 Å². The predicted molar refractivity (Wildman–Crippen MR) is 116 cm³/mol. The number of fused-ring (bicyclic) bond motifs is 1. The number of carbonyl (C=O) groups excluding carboxylic acids is 1. The SMILES string of the molecule is CCn1ncc2c(C(=O)N3CCC[C@H](c4nc(C)no4)C3)cc(-c3ccccc3)nc21. The van der Waals surface area contributed by atoms with E-state index < -0.39 is 0 Å². The summed E-state index contributed by atoms with van der Waals surface area (Å²) in [6, 6.07) is 11.8. The first-order chi connectivity index (χ1) is 15.1. The van der Waals surface area contributed by atoms with Crippen molar-refractivity contribution in [1.29, 1.82) is 0 Å². The van der Waals surface area contributed by atoms with Gasteiger partial charge in [-0.05, 0) is 32.8 Å². The standard InChI is InChI=1S/C23H24N6O2/c1-3-29-21-19(13-24-29)18(12-20(26-21)16-8-5-4-6-9-16)23(30)28-11-7-10-17(14-28)22-25-15(2)27-31-22/h4-6,8-9,12-13,17H,3,7,10-11,14H2,1-2H3/t17-/m0/s1. The number of carbonyl (C=O) groups is 1. The summed E-state index contributed by atoms with van der Waals surface area (Å²) in [6.45, 7) is 5.78. The van der Waals surface area contributed by atoms with E-state index in [9.17, 15) is 4.79 Å². The van der Waals surface area contributed by atoms with E-state index in [2.05, 4.69) is 15.2 Å². The summed E-state index contributed by atoms with van der Waals surface area (Å²) in [6.07, 6.45) is 3.57. The second kappa shape index (κ2) is 7.94. The van der Waals surface area contributed by atoms with E-state index >= 15 is 0 Å². The predicted octanol–water partition coefficient (Wildman–Crippen LogP) is 3.83. The molecule has 0 bridgehead atoms. The number of hydrogen-bond donors (Lipinski definition) is 0. The van der Waals surface area contributed by atoms with Gasteiger partial charge >= 0.3 is 0 Å². The van der Waals surface area contributed by atoms with Gasteiger partial charge in [0.2, 0.25) is 5.89 Å². The van der Waals surface area contributed by atoms with Crippen molar-refractivity contribution in [3.63, 3.8) is 0 Å². The molecular weight excluding hydrogens is 392 g/mol. The Morgan fingerprint density at radius 2 is 2.06 bits per heavy atom.